The molecule has 4 nitrogen and oxygen atoms in total. The molecule has 1 aliphatic heterocycles. The number of nitrogens with one attached hydrogen (secondary N) is 1. The zero-order chi connectivity index (χ0) is 14.2. The second-order valence-corrected chi connectivity index (χ2v) is 7.13. The molecule has 0 spiro atoms. The summed E-state index contributed by atoms with van der Waals surface area (Å²) < 4.78 is 40.2. The Labute approximate surface area is 113 Å². The number of hydrogen-bond acceptors (Lipinski definition) is 3. The van der Waals surface area contributed by atoms with Crippen molar-refractivity contribution in [1.82, 2.24) is 9.62 Å². The first kappa shape index (κ1) is 14.4. The van der Waals surface area contributed by atoms with Crippen molar-refractivity contribution in [1.29, 1.82) is 0 Å². The standard InChI is InChI=1S/C13H19FN2O2S/c1-9-4-5-12(14)13(6-9)19(17,18)16-7-10(2)15-11(3)8-16/h4-6,10-11,15H,7-8H2,1-3H3/t10-,11-/m0/s1. The van der Waals surface area contributed by atoms with Gasteiger partial charge in [-0.05, 0) is 38.5 Å². The maximum atomic E-state index is 13.8. The minimum absolute atomic E-state index is 0.0615. The Hall–Kier alpha value is -0.980. The molecule has 2 rings (SSSR count). The van der Waals surface area contributed by atoms with Gasteiger partial charge in [-0.25, -0.2) is 12.8 Å². The molecule has 2 atom stereocenters. The maximum absolute atomic E-state index is 13.8. The van der Waals surface area contributed by atoms with Crippen LogP contribution in [0, 0.1) is 12.7 Å². The molecule has 0 radical (unpaired) electrons. The zero-order valence-electron chi connectivity index (χ0n) is 11.4. The fraction of sp³-hybridized carbons (Fsp3) is 0.538. The van der Waals surface area contributed by atoms with Gasteiger partial charge >= 0.3 is 0 Å². The van der Waals surface area contributed by atoms with Crippen LogP contribution in [0.4, 0.5) is 4.39 Å². The predicted octanol–water partition coefficient (Wildman–Crippen LogP) is 1.51. The van der Waals surface area contributed by atoms with E-state index in [0.717, 1.165) is 5.56 Å². The average molecular weight is 286 g/mol. The molecule has 0 unspecified atom stereocenters. The lowest BCUT2D eigenvalue weighted by Crippen LogP contribution is -2.55. The van der Waals surface area contributed by atoms with Crippen LogP contribution in [-0.4, -0.2) is 37.9 Å². The van der Waals surface area contributed by atoms with Gasteiger partial charge in [0, 0.05) is 25.2 Å². The quantitative estimate of drug-likeness (QED) is 0.896. The number of sulfonamides is 1. The van der Waals surface area contributed by atoms with Crippen LogP contribution in [0.5, 0.6) is 0 Å². The molecule has 1 aromatic carbocycles. The molecular formula is C13H19FN2O2S. The van der Waals surface area contributed by atoms with Gasteiger partial charge in [0.05, 0.1) is 0 Å². The summed E-state index contributed by atoms with van der Waals surface area (Å²) in [4.78, 5) is -0.228. The summed E-state index contributed by atoms with van der Waals surface area (Å²) in [5.41, 5.74) is 0.733. The number of halogens is 1. The largest absolute Gasteiger partial charge is 0.309 e. The number of hydrogen-bond donors (Lipinski definition) is 1. The van der Waals surface area contributed by atoms with E-state index in [1.165, 1.54) is 16.4 Å². The third-order valence-electron chi connectivity index (χ3n) is 3.23. The molecule has 1 aliphatic rings. The van der Waals surface area contributed by atoms with Crippen LogP contribution in [0.2, 0.25) is 0 Å². The fourth-order valence-electron chi connectivity index (χ4n) is 2.42. The summed E-state index contributed by atoms with van der Waals surface area (Å²) in [6, 6.07) is 4.29. The van der Waals surface area contributed by atoms with Crippen molar-refractivity contribution in [3.63, 3.8) is 0 Å². The fourth-order valence-corrected chi connectivity index (χ4v) is 4.19. The molecule has 0 saturated carbocycles. The van der Waals surface area contributed by atoms with Crippen LogP contribution in [0.25, 0.3) is 0 Å². The van der Waals surface area contributed by atoms with Crippen molar-refractivity contribution >= 4 is 10.0 Å². The lowest BCUT2D eigenvalue weighted by Gasteiger charge is -2.35. The summed E-state index contributed by atoms with van der Waals surface area (Å²) in [6.45, 7) is 6.32. The SMILES string of the molecule is Cc1ccc(F)c(S(=O)(=O)N2C[C@H](C)N[C@@H](C)C2)c1. The normalized spacial score (nSPS) is 25.5. The first-order valence-electron chi connectivity index (χ1n) is 6.33. The highest BCUT2D eigenvalue weighted by atomic mass is 32.2. The van der Waals surface area contributed by atoms with Gasteiger partial charge in [-0.15, -0.1) is 0 Å². The van der Waals surface area contributed by atoms with E-state index in [1.807, 2.05) is 13.8 Å². The van der Waals surface area contributed by atoms with Crippen molar-refractivity contribution in [3.8, 4) is 0 Å². The molecule has 1 heterocycles. The third-order valence-corrected chi connectivity index (χ3v) is 5.08. The van der Waals surface area contributed by atoms with Crippen LogP contribution in [0.15, 0.2) is 23.1 Å². The summed E-state index contributed by atoms with van der Waals surface area (Å²) in [5.74, 6) is -0.690. The van der Waals surface area contributed by atoms with E-state index in [9.17, 15) is 12.8 Å². The summed E-state index contributed by atoms with van der Waals surface area (Å²) in [6.07, 6.45) is 0. The molecule has 0 aromatic heterocycles. The van der Waals surface area contributed by atoms with E-state index in [0.29, 0.717) is 13.1 Å². The van der Waals surface area contributed by atoms with E-state index in [1.54, 1.807) is 13.0 Å². The van der Waals surface area contributed by atoms with Gasteiger partial charge in [-0.1, -0.05) is 6.07 Å². The first-order chi connectivity index (χ1) is 8.80. The molecule has 1 saturated heterocycles. The zero-order valence-corrected chi connectivity index (χ0v) is 12.2. The lowest BCUT2D eigenvalue weighted by atomic mass is 10.2. The molecule has 0 bridgehead atoms. The van der Waals surface area contributed by atoms with Gasteiger partial charge in [-0.2, -0.15) is 4.31 Å². The Bertz CT molecular complexity index is 564. The van der Waals surface area contributed by atoms with Crippen molar-refractivity contribution in [2.24, 2.45) is 0 Å². The molecule has 0 aliphatic carbocycles. The summed E-state index contributed by atoms with van der Waals surface area (Å²) in [5, 5.41) is 3.26. The van der Waals surface area contributed by atoms with Gasteiger partial charge in [0.2, 0.25) is 10.0 Å². The molecule has 6 heteroatoms. The highest BCUT2D eigenvalue weighted by molar-refractivity contribution is 7.89. The maximum Gasteiger partial charge on any atom is 0.246 e. The molecular weight excluding hydrogens is 267 g/mol. The van der Waals surface area contributed by atoms with Crippen LogP contribution in [0.3, 0.4) is 0 Å². The Morgan fingerprint density at radius 1 is 1.26 bits per heavy atom. The average Bonchev–Trinajstić information content (AvgIpc) is 2.31. The number of nitrogens with zero attached hydrogens (tertiary/aromatic N) is 1. The number of piperazine rings is 1. The van der Waals surface area contributed by atoms with E-state index in [4.69, 9.17) is 0 Å². The van der Waals surface area contributed by atoms with Crippen molar-refractivity contribution in [3.05, 3.63) is 29.6 Å². The van der Waals surface area contributed by atoms with Crippen molar-refractivity contribution in [2.75, 3.05) is 13.1 Å². The van der Waals surface area contributed by atoms with Gasteiger partial charge in [0.25, 0.3) is 0 Å². The second-order valence-electron chi connectivity index (χ2n) is 5.22. The summed E-state index contributed by atoms with van der Waals surface area (Å²) >= 11 is 0. The van der Waals surface area contributed by atoms with E-state index in [2.05, 4.69) is 5.32 Å². The van der Waals surface area contributed by atoms with Gasteiger partial charge in [0.15, 0.2) is 0 Å². The van der Waals surface area contributed by atoms with E-state index in [-0.39, 0.29) is 17.0 Å². The number of rotatable bonds is 2. The Morgan fingerprint density at radius 3 is 2.42 bits per heavy atom. The van der Waals surface area contributed by atoms with Gasteiger partial charge < -0.3 is 5.32 Å². The van der Waals surface area contributed by atoms with Crippen molar-refractivity contribution in [2.45, 2.75) is 37.8 Å². The van der Waals surface area contributed by atoms with Crippen molar-refractivity contribution < 1.29 is 12.8 Å². The van der Waals surface area contributed by atoms with Crippen LogP contribution >= 0.6 is 0 Å². The highest BCUT2D eigenvalue weighted by Crippen LogP contribution is 2.22. The monoisotopic (exact) mass is 286 g/mol. The third kappa shape index (κ3) is 2.96. The first-order valence-corrected chi connectivity index (χ1v) is 7.77. The Morgan fingerprint density at radius 2 is 1.84 bits per heavy atom. The summed E-state index contributed by atoms with van der Waals surface area (Å²) in [7, 11) is -3.76. The minimum Gasteiger partial charge on any atom is -0.309 e. The molecule has 1 aromatic rings. The molecule has 19 heavy (non-hydrogen) atoms. The van der Waals surface area contributed by atoms with Gasteiger partial charge in [-0.3, -0.25) is 0 Å². The number of aryl methyl sites for hydroxylation is 1. The predicted molar refractivity (Wildman–Crippen MR) is 72.0 cm³/mol. The second kappa shape index (κ2) is 5.19. The van der Waals surface area contributed by atoms with Gasteiger partial charge in [0.1, 0.15) is 10.7 Å². The van der Waals surface area contributed by atoms with Crippen LogP contribution < -0.4 is 5.32 Å². The highest BCUT2D eigenvalue weighted by Gasteiger charge is 2.32. The van der Waals surface area contributed by atoms with E-state index < -0.39 is 15.8 Å². The van der Waals surface area contributed by atoms with Crippen LogP contribution in [-0.2, 0) is 10.0 Å². The molecule has 106 valence electrons. The van der Waals surface area contributed by atoms with Crippen LogP contribution in [0.1, 0.15) is 19.4 Å². The molecule has 1 fully saturated rings. The topological polar surface area (TPSA) is 49.4 Å². The Balaban J connectivity index is 2.39. The minimum atomic E-state index is -3.76. The van der Waals surface area contributed by atoms with E-state index >= 15 is 0 Å². The molecule has 1 N–H and O–H groups in total. The Kier molecular flexibility index (Phi) is 3.94. The molecule has 0 amide bonds. The lowest BCUT2D eigenvalue weighted by molar-refractivity contribution is 0.262. The smallest absolute Gasteiger partial charge is 0.246 e. The number of benzene rings is 1.